The van der Waals surface area contributed by atoms with Gasteiger partial charge in [-0.25, -0.2) is 0 Å². The monoisotopic (exact) mass is 470 g/mol. The summed E-state index contributed by atoms with van der Waals surface area (Å²) in [6.45, 7) is 1.05. The molecule has 2 aromatic carbocycles. The molecule has 2 aromatic rings. The minimum absolute atomic E-state index is 0.306. The van der Waals surface area contributed by atoms with Gasteiger partial charge in [-0.2, -0.15) is 0 Å². The molecule has 136 valence electrons. The fourth-order valence-electron chi connectivity index (χ4n) is 2.26. The molecule has 0 aliphatic carbocycles. The molecule has 0 saturated heterocycles. The largest absolute Gasteiger partial charge is 0.348 e. The van der Waals surface area contributed by atoms with Gasteiger partial charge in [0.2, 0.25) is 0 Å². The summed E-state index contributed by atoms with van der Waals surface area (Å²) in [6.07, 6.45) is 0.916. The first-order valence-electron chi connectivity index (χ1n) is 8.40. The molecular formula is C20H24Br2O3. The first-order chi connectivity index (χ1) is 12.3. The normalized spacial score (nSPS) is 13.5. The second-order valence-corrected chi connectivity index (χ2v) is 7.13. The minimum Gasteiger partial charge on any atom is -0.348 e. The van der Waals surface area contributed by atoms with Crippen LogP contribution in [0.5, 0.6) is 0 Å². The van der Waals surface area contributed by atoms with Crippen LogP contribution in [0.4, 0.5) is 0 Å². The average molecular weight is 472 g/mol. The molecule has 2 unspecified atom stereocenters. The van der Waals surface area contributed by atoms with Crippen molar-refractivity contribution < 1.29 is 14.2 Å². The summed E-state index contributed by atoms with van der Waals surface area (Å²) in [5, 5.41) is 1.62. The van der Waals surface area contributed by atoms with E-state index in [1.807, 2.05) is 60.7 Å². The van der Waals surface area contributed by atoms with Gasteiger partial charge in [-0.1, -0.05) is 92.5 Å². The smallest absolute Gasteiger partial charge is 0.161 e. The van der Waals surface area contributed by atoms with Gasteiger partial charge in [0.25, 0.3) is 0 Å². The zero-order chi connectivity index (χ0) is 17.7. The lowest BCUT2D eigenvalue weighted by Gasteiger charge is -2.24. The van der Waals surface area contributed by atoms with E-state index in [0.717, 1.165) is 34.6 Å². The third-order valence-electron chi connectivity index (χ3n) is 3.55. The van der Waals surface area contributed by atoms with Gasteiger partial charge in [0.15, 0.2) is 12.6 Å². The van der Waals surface area contributed by atoms with E-state index < -0.39 is 0 Å². The van der Waals surface area contributed by atoms with E-state index in [4.69, 9.17) is 14.2 Å². The fourth-order valence-corrected chi connectivity index (χ4v) is 3.00. The minimum atomic E-state index is -0.306. The molecule has 0 aromatic heterocycles. The molecule has 0 heterocycles. The molecule has 0 fully saturated rings. The van der Waals surface area contributed by atoms with Gasteiger partial charge in [-0.05, 0) is 11.1 Å². The van der Waals surface area contributed by atoms with Crippen LogP contribution in [0.3, 0.4) is 0 Å². The van der Waals surface area contributed by atoms with Crippen LogP contribution in [-0.2, 0) is 27.4 Å². The van der Waals surface area contributed by atoms with Crippen molar-refractivity contribution in [2.45, 2.75) is 38.6 Å². The highest BCUT2D eigenvalue weighted by molar-refractivity contribution is 9.09. The predicted molar refractivity (Wildman–Crippen MR) is 108 cm³/mol. The maximum atomic E-state index is 6.07. The molecule has 0 amide bonds. The molecule has 2 rings (SSSR count). The van der Waals surface area contributed by atoms with Gasteiger partial charge in [0, 0.05) is 23.5 Å². The van der Waals surface area contributed by atoms with Crippen LogP contribution in [0.1, 0.15) is 24.0 Å². The van der Waals surface area contributed by atoms with Crippen molar-refractivity contribution in [2.24, 2.45) is 0 Å². The Balaban J connectivity index is 1.86. The van der Waals surface area contributed by atoms with E-state index >= 15 is 0 Å². The number of benzene rings is 2. The first-order valence-corrected chi connectivity index (χ1v) is 10.6. The van der Waals surface area contributed by atoms with E-state index in [0.29, 0.717) is 13.2 Å². The fraction of sp³-hybridized carbons (Fsp3) is 0.400. The lowest BCUT2D eigenvalue weighted by Crippen LogP contribution is -2.27. The molecule has 0 saturated carbocycles. The van der Waals surface area contributed by atoms with Gasteiger partial charge >= 0.3 is 0 Å². The van der Waals surface area contributed by atoms with Gasteiger partial charge in [-0.15, -0.1) is 0 Å². The highest BCUT2D eigenvalue weighted by atomic mass is 79.9. The van der Waals surface area contributed by atoms with E-state index in [1.165, 1.54) is 0 Å². The van der Waals surface area contributed by atoms with Crippen molar-refractivity contribution in [3.05, 3.63) is 71.8 Å². The zero-order valence-electron chi connectivity index (χ0n) is 14.2. The second kappa shape index (κ2) is 12.6. The molecule has 0 aliphatic rings. The predicted octanol–water partition coefficient (Wildman–Crippen LogP) is 5.66. The molecular weight excluding hydrogens is 448 g/mol. The number of ether oxygens (including phenoxy) is 3. The van der Waals surface area contributed by atoms with Gasteiger partial charge in [0.05, 0.1) is 13.2 Å². The van der Waals surface area contributed by atoms with Gasteiger partial charge < -0.3 is 14.2 Å². The highest BCUT2D eigenvalue weighted by Crippen LogP contribution is 2.16. The van der Waals surface area contributed by atoms with Crippen molar-refractivity contribution in [1.82, 2.24) is 0 Å². The van der Waals surface area contributed by atoms with Crippen molar-refractivity contribution in [3.8, 4) is 0 Å². The summed E-state index contributed by atoms with van der Waals surface area (Å²) in [4.78, 5) is 0. The quantitative estimate of drug-likeness (QED) is 0.295. The molecule has 0 aliphatic heterocycles. The Morgan fingerprint density at radius 1 is 0.640 bits per heavy atom. The van der Waals surface area contributed by atoms with E-state index in [2.05, 4.69) is 31.9 Å². The van der Waals surface area contributed by atoms with E-state index in [9.17, 15) is 0 Å². The Kier molecular flexibility index (Phi) is 10.4. The number of hydrogen-bond acceptors (Lipinski definition) is 3. The highest BCUT2D eigenvalue weighted by Gasteiger charge is 2.17. The Bertz CT molecular complexity index is 514. The third-order valence-corrected chi connectivity index (χ3v) is 4.47. The topological polar surface area (TPSA) is 27.7 Å². The summed E-state index contributed by atoms with van der Waals surface area (Å²) in [7, 11) is 0. The Labute approximate surface area is 166 Å². The Morgan fingerprint density at radius 3 is 1.40 bits per heavy atom. The Morgan fingerprint density at radius 2 is 1.04 bits per heavy atom. The van der Waals surface area contributed by atoms with Crippen LogP contribution in [0.2, 0.25) is 0 Å². The summed E-state index contributed by atoms with van der Waals surface area (Å²) in [5.74, 6) is 0. The zero-order valence-corrected chi connectivity index (χ0v) is 17.3. The van der Waals surface area contributed by atoms with Crippen LogP contribution >= 0.6 is 31.9 Å². The SMILES string of the molecule is BrCCC(OCc1ccccc1)OC(CCBr)OCc1ccccc1. The maximum absolute atomic E-state index is 6.07. The Hall–Kier alpha value is -0.720. The molecule has 0 N–H and O–H groups in total. The van der Waals surface area contributed by atoms with Crippen LogP contribution in [0.25, 0.3) is 0 Å². The van der Waals surface area contributed by atoms with Gasteiger partial charge in [0.1, 0.15) is 0 Å². The number of hydrogen-bond donors (Lipinski definition) is 0. The van der Waals surface area contributed by atoms with Crippen LogP contribution < -0.4 is 0 Å². The molecule has 5 heteroatoms. The summed E-state index contributed by atoms with van der Waals surface area (Å²) in [6, 6.07) is 20.2. The van der Waals surface area contributed by atoms with Gasteiger partial charge in [-0.3, -0.25) is 0 Å². The van der Waals surface area contributed by atoms with Crippen molar-refractivity contribution in [3.63, 3.8) is 0 Å². The van der Waals surface area contributed by atoms with E-state index in [1.54, 1.807) is 0 Å². The maximum Gasteiger partial charge on any atom is 0.161 e. The average Bonchev–Trinajstić information content (AvgIpc) is 2.66. The molecule has 0 spiro atoms. The molecule has 2 atom stereocenters. The van der Waals surface area contributed by atoms with E-state index in [-0.39, 0.29) is 12.6 Å². The van der Waals surface area contributed by atoms with Crippen LogP contribution in [-0.4, -0.2) is 23.2 Å². The number of alkyl halides is 2. The first kappa shape index (κ1) is 20.6. The number of halogens is 2. The molecule has 3 nitrogen and oxygen atoms in total. The second-order valence-electron chi connectivity index (χ2n) is 5.54. The molecule has 25 heavy (non-hydrogen) atoms. The molecule has 0 radical (unpaired) electrons. The number of rotatable bonds is 12. The lowest BCUT2D eigenvalue weighted by atomic mass is 10.2. The standard InChI is InChI=1S/C20H24Br2O3/c21-13-11-19(23-15-17-7-3-1-4-8-17)25-20(12-14-22)24-16-18-9-5-2-6-10-18/h1-10,19-20H,11-16H2. The van der Waals surface area contributed by atoms with Crippen molar-refractivity contribution in [2.75, 3.05) is 10.7 Å². The van der Waals surface area contributed by atoms with Crippen LogP contribution in [0, 0.1) is 0 Å². The lowest BCUT2D eigenvalue weighted by molar-refractivity contribution is -0.252. The summed E-state index contributed by atoms with van der Waals surface area (Å²) < 4.78 is 18.0. The molecule has 0 bridgehead atoms. The third kappa shape index (κ3) is 8.47. The van der Waals surface area contributed by atoms with Crippen molar-refractivity contribution in [1.29, 1.82) is 0 Å². The van der Waals surface area contributed by atoms with Crippen molar-refractivity contribution >= 4 is 31.9 Å². The summed E-state index contributed by atoms with van der Waals surface area (Å²) >= 11 is 6.94. The van der Waals surface area contributed by atoms with Crippen LogP contribution in [0.15, 0.2) is 60.7 Å². The summed E-state index contributed by atoms with van der Waals surface area (Å²) in [5.41, 5.74) is 2.26.